The van der Waals surface area contributed by atoms with E-state index in [4.69, 9.17) is 4.74 Å². The molecule has 2 saturated heterocycles. The number of aryl methyl sites for hydroxylation is 2. The first kappa shape index (κ1) is 46.7. The first-order valence-corrected chi connectivity index (χ1v) is 22.1. The fourth-order valence-electron chi connectivity index (χ4n) is 9.13. The summed E-state index contributed by atoms with van der Waals surface area (Å²) in [5.74, 6) is 1.26. The van der Waals surface area contributed by atoms with E-state index in [2.05, 4.69) is 57.0 Å². The van der Waals surface area contributed by atoms with Gasteiger partial charge in [0, 0.05) is 76.7 Å². The molecule has 0 bridgehead atoms. The van der Waals surface area contributed by atoms with Crippen molar-refractivity contribution in [1.29, 1.82) is 0 Å². The smallest absolute Gasteiger partial charge is 0.385 e. The van der Waals surface area contributed by atoms with Crippen LogP contribution < -0.4 is 10.2 Å². The number of anilines is 1. The molecule has 0 aromatic heterocycles. The molecule has 6 rings (SSSR count). The lowest BCUT2D eigenvalue weighted by atomic mass is 9.84. The van der Waals surface area contributed by atoms with Crippen molar-refractivity contribution in [2.75, 3.05) is 90.6 Å². The molecule has 1 amide bonds. The molecule has 1 aliphatic carbocycles. The standard InChI is InChI=1S/C25H34F4N2O2.C22H35N3O/c1-33-16-2-3-24(32)30-21-7-4-18(5-8-21)10-13-31-14-11-19(12-15-31)22-17-20(25(27,28)29)6-9-23(22)26;1-18-4-5-19(2)22(16-18)25-14-12-23(13-15-25)9-6-21-7-10-24(11-8-21)17-20(3)26/h6,9,11,17-18,21H,2-5,7-8,10,12-16H2,1H3,(H,30,32);4-5,16,21H,6-15,17H2,1-3H3. The fourth-order valence-corrected chi connectivity index (χ4v) is 9.13. The largest absolute Gasteiger partial charge is 0.416 e. The second kappa shape index (κ2) is 23.0. The summed E-state index contributed by atoms with van der Waals surface area (Å²) in [4.78, 5) is 33.0. The Labute approximate surface area is 350 Å². The first-order chi connectivity index (χ1) is 28.3. The van der Waals surface area contributed by atoms with E-state index in [1.54, 1.807) is 14.0 Å². The van der Waals surface area contributed by atoms with Crippen LogP contribution in [0, 0.1) is 31.5 Å². The number of Topliss-reactive ketones (excluding diaryl/α,β-unsaturated/α-hetero) is 1. The van der Waals surface area contributed by atoms with Crippen molar-refractivity contribution in [3.8, 4) is 0 Å². The van der Waals surface area contributed by atoms with Crippen LogP contribution in [0.3, 0.4) is 0 Å². The Morgan fingerprint density at radius 3 is 2.12 bits per heavy atom. The van der Waals surface area contributed by atoms with Gasteiger partial charge in [0.15, 0.2) is 0 Å². The van der Waals surface area contributed by atoms with Gasteiger partial charge in [0.1, 0.15) is 11.6 Å². The van der Waals surface area contributed by atoms with Gasteiger partial charge in [-0.2, -0.15) is 13.2 Å². The first-order valence-electron chi connectivity index (χ1n) is 22.1. The third-order valence-corrected chi connectivity index (χ3v) is 12.8. The summed E-state index contributed by atoms with van der Waals surface area (Å²) in [6.45, 7) is 17.7. The molecule has 3 aliphatic heterocycles. The molecule has 2 aromatic carbocycles. The van der Waals surface area contributed by atoms with E-state index in [1.165, 1.54) is 55.7 Å². The molecule has 1 N–H and O–H groups in total. The predicted octanol–water partition coefficient (Wildman–Crippen LogP) is 8.54. The third kappa shape index (κ3) is 15.3. The Kier molecular flexibility index (Phi) is 18.3. The van der Waals surface area contributed by atoms with Gasteiger partial charge in [0.25, 0.3) is 0 Å². The molecule has 328 valence electrons. The quantitative estimate of drug-likeness (QED) is 0.143. The van der Waals surface area contributed by atoms with Crippen LogP contribution in [0.5, 0.6) is 0 Å². The highest BCUT2D eigenvalue weighted by Crippen LogP contribution is 2.34. The van der Waals surface area contributed by atoms with Crippen LogP contribution in [0.4, 0.5) is 23.2 Å². The van der Waals surface area contributed by atoms with Crippen LogP contribution in [0.2, 0.25) is 0 Å². The van der Waals surface area contributed by atoms with Crippen molar-refractivity contribution in [2.24, 2.45) is 11.8 Å². The lowest BCUT2D eigenvalue weighted by Gasteiger charge is -2.38. The molecule has 12 heteroatoms. The molecule has 3 fully saturated rings. The molecule has 59 heavy (non-hydrogen) atoms. The number of alkyl halides is 3. The van der Waals surface area contributed by atoms with E-state index in [0.717, 1.165) is 95.4 Å². The van der Waals surface area contributed by atoms with Gasteiger partial charge in [-0.15, -0.1) is 0 Å². The summed E-state index contributed by atoms with van der Waals surface area (Å²) in [5.41, 5.74) is 4.06. The number of benzene rings is 2. The summed E-state index contributed by atoms with van der Waals surface area (Å²) in [6.07, 6.45) is 8.25. The minimum absolute atomic E-state index is 0.0621. The van der Waals surface area contributed by atoms with Crippen LogP contribution >= 0.6 is 0 Å². The number of nitrogens with one attached hydrogen (secondary N) is 1. The normalized spacial score (nSPS) is 21.4. The Hall–Kier alpha value is -3.32. The highest BCUT2D eigenvalue weighted by atomic mass is 19.4. The zero-order chi connectivity index (χ0) is 42.4. The third-order valence-electron chi connectivity index (χ3n) is 12.8. The second-order valence-electron chi connectivity index (χ2n) is 17.5. The average molecular weight is 828 g/mol. The van der Waals surface area contributed by atoms with Crippen molar-refractivity contribution in [2.45, 2.75) is 104 Å². The monoisotopic (exact) mass is 828 g/mol. The van der Waals surface area contributed by atoms with E-state index >= 15 is 0 Å². The van der Waals surface area contributed by atoms with Gasteiger partial charge in [-0.05, 0) is 164 Å². The molecule has 0 radical (unpaired) electrons. The maximum absolute atomic E-state index is 14.2. The molecule has 0 spiro atoms. The van der Waals surface area contributed by atoms with Crippen LogP contribution in [-0.2, 0) is 20.5 Å². The molecule has 3 heterocycles. The summed E-state index contributed by atoms with van der Waals surface area (Å²) in [7, 11) is 1.63. The van der Waals surface area contributed by atoms with Crippen molar-refractivity contribution in [3.05, 3.63) is 70.5 Å². The maximum Gasteiger partial charge on any atom is 0.416 e. The molecular formula is C47H69F4N5O3. The minimum Gasteiger partial charge on any atom is -0.385 e. The van der Waals surface area contributed by atoms with Crippen molar-refractivity contribution < 1.29 is 31.9 Å². The number of hydrogen-bond acceptors (Lipinski definition) is 7. The van der Waals surface area contributed by atoms with Crippen LogP contribution in [-0.4, -0.2) is 118 Å². The summed E-state index contributed by atoms with van der Waals surface area (Å²) >= 11 is 0. The number of halogens is 4. The van der Waals surface area contributed by atoms with Gasteiger partial charge in [-0.25, -0.2) is 4.39 Å². The molecule has 1 saturated carbocycles. The summed E-state index contributed by atoms with van der Waals surface area (Å²) < 4.78 is 58.1. The Bertz CT molecular complexity index is 1660. The van der Waals surface area contributed by atoms with Gasteiger partial charge >= 0.3 is 6.18 Å². The van der Waals surface area contributed by atoms with E-state index in [9.17, 15) is 27.2 Å². The van der Waals surface area contributed by atoms with Gasteiger partial charge in [-0.1, -0.05) is 18.2 Å². The molecule has 4 aliphatic rings. The molecule has 0 atom stereocenters. The lowest BCUT2D eigenvalue weighted by Crippen LogP contribution is -2.47. The van der Waals surface area contributed by atoms with E-state index in [1.807, 2.05) is 6.08 Å². The van der Waals surface area contributed by atoms with Crippen molar-refractivity contribution >= 4 is 23.0 Å². The Balaban J connectivity index is 0.000000230. The number of amides is 1. The van der Waals surface area contributed by atoms with E-state index < -0.39 is 17.6 Å². The van der Waals surface area contributed by atoms with Gasteiger partial charge in [0.05, 0.1) is 12.1 Å². The number of methoxy groups -OCH3 is 1. The number of ketones is 1. The summed E-state index contributed by atoms with van der Waals surface area (Å²) in [5, 5.41) is 3.13. The zero-order valence-corrected chi connectivity index (χ0v) is 36.1. The Morgan fingerprint density at radius 1 is 0.814 bits per heavy atom. The highest BCUT2D eigenvalue weighted by molar-refractivity contribution is 5.77. The van der Waals surface area contributed by atoms with Crippen LogP contribution in [0.25, 0.3) is 5.57 Å². The number of piperidine rings is 1. The molecule has 8 nitrogen and oxygen atoms in total. The highest BCUT2D eigenvalue weighted by Gasteiger charge is 2.32. The Morgan fingerprint density at radius 2 is 1.49 bits per heavy atom. The number of carbonyl (C=O) groups excluding carboxylic acids is 2. The number of nitrogens with zero attached hydrogens (tertiary/aromatic N) is 4. The topological polar surface area (TPSA) is 68.4 Å². The number of hydrogen-bond donors (Lipinski definition) is 1. The van der Waals surface area contributed by atoms with Crippen LogP contribution in [0.1, 0.15) is 99.8 Å². The number of rotatable bonds is 15. The number of ether oxygens (including phenoxy) is 1. The van der Waals surface area contributed by atoms with Crippen molar-refractivity contribution in [1.82, 2.24) is 20.0 Å². The lowest BCUT2D eigenvalue weighted by molar-refractivity contribution is -0.137. The van der Waals surface area contributed by atoms with Crippen molar-refractivity contribution in [3.63, 3.8) is 0 Å². The predicted molar refractivity (Wildman–Crippen MR) is 229 cm³/mol. The van der Waals surface area contributed by atoms with Gasteiger partial charge in [0.2, 0.25) is 5.91 Å². The van der Waals surface area contributed by atoms with E-state index in [-0.39, 0.29) is 17.5 Å². The molecule has 2 aromatic rings. The maximum atomic E-state index is 14.2. The fraction of sp³-hybridized carbons (Fsp3) is 0.660. The van der Waals surface area contributed by atoms with Gasteiger partial charge < -0.3 is 15.0 Å². The summed E-state index contributed by atoms with van der Waals surface area (Å²) in [6, 6.07) is 9.66. The van der Waals surface area contributed by atoms with E-state index in [0.29, 0.717) is 56.4 Å². The zero-order valence-electron chi connectivity index (χ0n) is 36.1. The average Bonchev–Trinajstić information content (AvgIpc) is 3.21. The number of piperazine rings is 1. The minimum atomic E-state index is -4.48. The molecular weight excluding hydrogens is 759 g/mol. The van der Waals surface area contributed by atoms with Crippen LogP contribution in [0.15, 0.2) is 42.5 Å². The van der Waals surface area contributed by atoms with Gasteiger partial charge in [-0.3, -0.25) is 24.3 Å². The number of likely N-dealkylation sites (tertiary alicyclic amines) is 1. The number of carbonyl (C=O) groups is 2. The SMILES string of the molecule is CC(=O)CN1CCC(CCN2CCN(c3cc(C)ccc3C)CC2)CC1.COCCCC(=O)NC1CCC(CCN2CC=C(c3cc(C(F)(F)F)ccc3F)CC2)CC1. The second-order valence-corrected chi connectivity index (χ2v) is 17.5. The molecule has 0 unspecified atom stereocenters.